The van der Waals surface area contributed by atoms with Crippen molar-refractivity contribution in [3.8, 4) is 11.4 Å². The number of nitrogens with zero attached hydrogens (tertiary/aromatic N) is 4. The van der Waals surface area contributed by atoms with Crippen LogP contribution in [0.4, 0.5) is 17.5 Å². The highest BCUT2D eigenvalue weighted by Gasteiger charge is 2.18. The van der Waals surface area contributed by atoms with Crippen LogP contribution in [0.1, 0.15) is 0 Å². The van der Waals surface area contributed by atoms with Gasteiger partial charge in [-0.3, -0.25) is 10.1 Å². The summed E-state index contributed by atoms with van der Waals surface area (Å²) in [7, 11) is 0. The van der Waals surface area contributed by atoms with Crippen LogP contribution in [0.5, 0.6) is 0 Å². The number of nitrogens with one attached hydrogen (secondary N) is 1. The van der Waals surface area contributed by atoms with E-state index in [-0.39, 0.29) is 23.1 Å². The number of hydrogen-bond donors (Lipinski definition) is 3. The van der Waals surface area contributed by atoms with Gasteiger partial charge in [-0.15, -0.1) is 0 Å². The first-order valence-corrected chi connectivity index (χ1v) is 5.59. The van der Waals surface area contributed by atoms with Crippen LogP contribution in [-0.2, 0) is 0 Å². The standard InChI is InChI=1S/C11H9N7O2/c12-8-7-10(17-11(13)15-8)16-9(14-7)5-3-1-2-4-6(5)18(19)20/h1-4H,(H5,12,13,14,15,16,17). The molecule has 2 heterocycles. The van der Waals surface area contributed by atoms with Crippen LogP contribution < -0.4 is 11.5 Å². The molecule has 3 rings (SSSR count). The van der Waals surface area contributed by atoms with Gasteiger partial charge in [-0.25, -0.2) is 4.98 Å². The third-order valence-corrected chi connectivity index (χ3v) is 2.75. The summed E-state index contributed by atoms with van der Waals surface area (Å²) in [4.78, 5) is 25.3. The maximum absolute atomic E-state index is 11.0. The Labute approximate surface area is 111 Å². The number of nitrogens with two attached hydrogens (primary N) is 2. The summed E-state index contributed by atoms with van der Waals surface area (Å²) in [5.41, 5.74) is 12.1. The Morgan fingerprint density at radius 3 is 2.65 bits per heavy atom. The van der Waals surface area contributed by atoms with Gasteiger partial charge in [-0.05, 0) is 6.07 Å². The summed E-state index contributed by atoms with van der Waals surface area (Å²) < 4.78 is 0. The second kappa shape index (κ2) is 4.16. The molecule has 5 N–H and O–H groups in total. The SMILES string of the molecule is Nc1nc(N)c2[nH]c(-c3ccccc3[N+](=O)[O-])nc2n1. The average Bonchev–Trinajstić information content (AvgIpc) is 2.82. The van der Waals surface area contributed by atoms with E-state index < -0.39 is 4.92 Å². The molecule has 0 aliphatic heterocycles. The Hall–Kier alpha value is -3.23. The minimum atomic E-state index is -0.480. The van der Waals surface area contributed by atoms with Gasteiger partial charge in [0.15, 0.2) is 11.5 Å². The van der Waals surface area contributed by atoms with Gasteiger partial charge < -0.3 is 16.5 Å². The lowest BCUT2D eigenvalue weighted by Gasteiger charge is -1.98. The number of para-hydroxylation sites is 1. The highest BCUT2D eigenvalue weighted by Crippen LogP contribution is 2.29. The fourth-order valence-electron chi connectivity index (χ4n) is 1.90. The second-order valence-electron chi connectivity index (χ2n) is 4.03. The number of fused-ring (bicyclic) bond motifs is 1. The van der Waals surface area contributed by atoms with Crippen molar-refractivity contribution in [2.75, 3.05) is 11.5 Å². The topological polar surface area (TPSA) is 150 Å². The molecular formula is C11H9N7O2. The largest absolute Gasteiger partial charge is 0.382 e. The van der Waals surface area contributed by atoms with Crippen molar-refractivity contribution in [1.29, 1.82) is 0 Å². The number of H-pyrrole nitrogens is 1. The number of nitro groups is 1. The van der Waals surface area contributed by atoms with Crippen molar-refractivity contribution in [2.45, 2.75) is 0 Å². The Morgan fingerprint density at radius 1 is 1.15 bits per heavy atom. The molecule has 3 aromatic rings. The van der Waals surface area contributed by atoms with Gasteiger partial charge in [0.25, 0.3) is 5.69 Å². The fourth-order valence-corrected chi connectivity index (χ4v) is 1.90. The molecule has 0 aliphatic rings. The Kier molecular flexibility index (Phi) is 2.46. The van der Waals surface area contributed by atoms with E-state index in [1.54, 1.807) is 18.2 Å². The number of imidazole rings is 1. The van der Waals surface area contributed by atoms with Crippen molar-refractivity contribution in [1.82, 2.24) is 19.9 Å². The number of benzene rings is 1. The zero-order valence-corrected chi connectivity index (χ0v) is 10.1. The molecule has 9 heteroatoms. The normalized spacial score (nSPS) is 10.8. The van der Waals surface area contributed by atoms with E-state index in [2.05, 4.69) is 19.9 Å². The predicted octanol–water partition coefficient (Wildman–Crippen LogP) is 1.09. The minimum Gasteiger partial charge on any atom is -0.382 e. The van der Waals surface area contributed by atoms with Gasteiger partial charge in [0.05, 0.1) is 10.5 Å². The molecule has 0 aliphatic carbocycles. The second-order valence-corrected chi connectivity index (χ2v) is 4.03. The first-order valence-electron chi connectivity index (χ1n) is 5.59. The molecule has 0 atom stereocenters. The molecule has 20 heavy (non-hydrogen) atoms. The van der Waals surface area contributed by atoms with Gasteiger partial charge in [-0.2, -0.15) is 9.97 Å². The molecular weight excluding hydrogens is 262 g/mol. The first kappa shape index (κ1) is 11.8. The van der Waals surface area contributed by atoms with Gasteiger partial charge in [0.2, 0.25) is 5.95 Å². The third kappa shape index (κ3) is 1.77. The predicted molar refractivity (Wildman–Crippen MR) is 72.6 cm³/mol. The van der Waals surface area contributed by atoms with Crippen LogP contribution in [0, 0.1) is 10.1 Å². The smallest absolute Gasteiger partial charge is 0.280 e. The molecule has 0 unspecified atom stereocenters. The van der Waals surface area contributed by atoms with Crippen molar-refractivity contribution in [2.24, 2.45) is 0 Å². The monoisotopic (exact) mass is 271 g/mol. The van der Waals surface area contributed by atoms with Crippen molar-refractivity contribution in [3.63, 3.8) is 0 Å². The number of anilines is 2. The molecule has 1 aromatic carbocycles. The van der Waals surface area contributed by atoms with E-state index in [0.29, 0.717) is 16.9 Å². The molecule has 9 nitrogen and oxygen atoms in total. The number of aromatic nitrogens is 4. The molecule has 0 bridgehead atoms. The molecule has 2 aromatic heterocycles. The quantitative estimate of drug-likeness (QED) is 0.466. The minimum absolute atomic E-state index is 0.00406. The highest BCUT2D eigenvalue weighted by atomic mass is 16.6. The number of hydrogen-bond acceptors (Lipinski definition) is 7. The molecule has 0 fully saturated rings. The van der Waals surface area contributed by atoms with Crippen LogP contribution >= 0.6 is 0 Å². The summed E-state index contributed by atoms with van der Waals surface area (Å²) in [6.45, 7) is 0. The molecule has 0 saturated heterocycles. The lowest BCUT2D eigenvalue weighted by atomic mass is 10.2. The van der Waals surface area contributed by atoms with E-state index in [4.69, 9.17) is 11.5 Å². The zero-order valence-electron chi connectivity index (χ0n) is 10.1. The summed E-state index contributed by atoms with van der Waals surface area (Å²) in [5, 5.41) is 11.0. The summed E-state index contributed by atoms with van der Waals surface area (Å²) in [6.07, 6.45) is 0. The summed E-state index contributed by atoms with van der Waals surface area (Å²) in [6, 6.07) is 6.24. The molecule has 0 amide bonds. The molecule has 100 valence electrons. The Bertz CT molecular complexity index is 827. The first-order chi connectivity index (χ1) is 9.56. The van der Waals surface area contributed by atoms with E-state index in [1.165, 1.54) is 6.07 Å². The maximum atomic E-state index is 11.0. The van der Waals surface area contributed by atoms with Crippen LogP contribution in [0.3, 0.4) is 0 Å². The van der Waals surface area contributed by atoms with Crippen LogP contribution in [0.2, 0.25) is 0 Å². The van der Waals surface area contributed by atoms with Gasteiger partial charge in [0, 0.05) is 6.07 Å². The summed E-state index contributed by atoms with van der Waals surface area (Å²) >= 11 is 0. The van der Waals surface area contributed by atoms with Crippen LogP contribution in [-0.4, -0.2) is 24.9 Å². The number of rotatable bonds is 2. The van der Waals surface area contributed by atoms with Crippen LogP contribution in [0.25, 0.3) is 22.6 Å². The van der Waals surface area contributed by atoms with Crippen molar-refractivity contribution >= 4 is 28.6 Å². The van der Waals surface area contributed by atoms with E-state index >= 15 is 0 Å². The van der Waals surface area contributed by atoms with E-state index in [9.17, 15) is 10.1 Å². The lowest BCUT2D eigenvalue weighted by Crippen LogP contribution is -1.99. The number of nitro benzene ring substituents is 1. The van der Waals surface area contributed by atoms with Crippen molar-refractivity contribution < 1.29 is 4.92 Å². The zero-order chi connectivity index (χ0) is 14.3. The van der Waals surface area contributed by atoms with Gasteiger partial charge in [-0.1, -0.05) is 12.1 Å². The average molecular weight is 271 g/mol. The van der Waals surface area contributed by atoms with E-state index in [1.807, 2.05) is 0 Å². The Balaban J connectivity index is 2.26. The maximum Gasteiger partial charge on any atom is 0.280 e. The third-order valence-electron chi connectivity index (χ3n) is 2.75. The van der Waals surface area contributed by atoms with Gasteiger partial charge in [0.1, 0.15) is 11.3 Å². The number of aromatic amines is 1. The molecule has 0 radical (unpaired) electrons. The van der Waals surface area contributed by atoms with Crippen LogP contribution in [0.15, 0.2) is 24.3 Å². The van der Waals surface area contributed by atoms with E-state index in [0.717, 1.165) is 0 Å². The fraction of sp³-hybridized carbons (Fsp3) is 0. The Morgan fingerprint density at radius 2 is 1.90 bits per heavy atom. The van der Waals surface area contributed by atoms with Crippen molar-refractivity contribution in [3.05, 3.63) is 34.4 Å². The summed E-state index contributed by atoms with van der Waals surface area (Å²) in [5.74, 6) is 0.430. The molecule has 0 saturated carbocycles. The number of nitrogen functional groups attached to an aromatic ring is 2. The lowest BCUT2D eigenvalue weighted by molar-refractivity contribution is -0.384. The van der Waals surface area contributed by atoms with Gasteiger partial charge >= 0.3 is 0 Å². The highest BCUT2D eigenvalue weighted by molar-refractivity contribution is 5.86. The molecule has 0 spiro atoms.